The van der Waals surface area contributed by atoms with Crippen molar-refractivity contribution in [1.82, 2.24) is 5.32 Å². The molecule has 1 rings (SSSR count). The minimum atomic E-state index is -0.286. The number of amides is 1. The van der Waals surface area contributed by atoms with E-state index >= 15 is 0 Å². The molecule has 0 atom stereocenters. The van der Waals surface area contributed by atoms with E-state index in [1.165, 1.54) is 0 Å². The van der Waals surface area contributed by atoms with Gasteiger partial charge in [-0.05, 0) is 12.1 Å². The number of benzene rings is 1. The lowest BCUT2D eigenvalue weighted by Crippen LogP contribution is -2.25. The van der Waals surface area contributed by atoms with Crippen molar-refractivity contribution in [1.29, 1.82) is 0 Å². The van der Waals surface area contributed by atoms with Gasteiger partial charge in [0.15, 0.2) is 0 Å². The number of nitrogens with one attached hydrogen (secondary N) is 1. The molecule has 0 aromatic heterocycles. The van der Waals surface area contributed by atoms with Crippen LogP contribution in [0.1, 0.15) is 6.42 Å². The standard InChI is InChI=1S/C11H16N2O2/c12-11(14)6-7-13-8-9-15-10-4-2-1-3-5-10/h1-5,13H,6-9H2,(H2,12,14). The first-order valence-corrected chi connectivity index (χ1v) is 4.96. The summed E-state index contributed by atoms with van der Waals surface area (Å²) in [6, 6.07) is 9.61. The van der Waals surface area contributed by atoms with Gasteiger partial charge in [-0.1, -0.05) is 18.2 Å². The van der Waals surface area contributed by atoms with Gasteiger partial charge in [-0.2, -0.15) is 0 Å². The van der Waals surface area contributed by atoms with Crippen molar-refractivity contribution in [3.63, 3.8) is 0 Å². The molecule has 1 aromatic rings. The topological polar surface area (TPSA) is 64.4 Å². The van der Waals surface area contributed by atoms with Crippen molar-refractivity contribution in [3.8, 4) is 5.75 Å². The van der Waals surface area contributed by atoms with Crippen LogP contribution in [0.2, 0.25) is 0 Å². The number of primary amides is 1. The average molecular weight is 208 g/mol. The lowest BCUT2D eigenvalue weighted by atomic mass is 10.3. The zero-order chi connectivity index (χ0) is 10.9. The van der Waals surface area contributed by atoms with Gasteiger partial charge in [0.05, 0.1) is 0 Å². The van der Waals surface area contributed by atoms with Crippen molar-refractivity contribution in [2.45, 2.75) is 6.42 Å². The molecule has 3 N–H and O–H groups in total. The Labute approximate surface area is 89.4 Å². The molecule has 0 radical (unpaired) electrons. The van der Waals surface area contributed by atoms with Crippen LogP contribution >= 0.6 is 0 Å². The first kappa shape index (κ1) is 11.5. The van der Waals surface area contributed by atoms with Gasteiger partial charge in [0, 0.05) is 19.5 Å². The fraction of sp³-hybridized carbons (Fsp3) is 0.364. The second kappa shape index (κ2) is 6.84. The number of nitrogens with two attached hydrogens (primary N) is 1. The predicted molar refractivity (Wildman–Crippen MR) is 58.6 cm³/mol. The summed E-state index contributed by atoms with van der Waals surface area (Å²) in [5.41, 5.74) is 4.99. The molecule has 0 saturated carbocycles. The van der Waals surface area contributed by atoms with E-state index in [1.807, 2.05) is 30.3 Å². The molecule has 0 aliphatic heterocycles. The van der Waals surface area contributed by atoms with Gasteiger partial charge >= 0.3 is 0 Å². The molecule has 0 bridgehead atoms. The first-order valence-electron chi connectivity index (χ1n) is 4.96. The molecule has 1 aromatic carbocycles. The molecule has 82 valence electrons. The third kappa shape index (κ3) is 5.70. The van der Waals surface area contributed by atoms with Gasteiger partial charge in [0.2, 0.25) is 5.91 Å². The molecule has 0 heterocycles. The maximum absolute atomic E-state index is 10.4. The van der Waals surface area contributed by atoms with Crippen molar-refractivity contribution in [2.75, 3.05) is 19.7 Å². The van der Waals surface area contributed by atoms with Crippen LogP contribution in [0.5, 0.6) is 5.75 Å². The van der Waals surface area contributed by atoms with Gasteiger partial charge in [0.25, 0.3) is 0 Å². The van der Waals surface area contributed by atoms with Gasteiger partial charge in [0.1, 0.15) is 12.4 Å². The molecular formula is C11H16N2O2. The van der Waals surface area contributed by atoms with Crippen LogP contribution in [0.25, 0.3) is 0 Å². The highest BCUT2D eigenvalue weighted by molar-refractivity contribution is 5.73. The largest absolute Gasteiger partial charge is 0.492 e. The molecule has 4 nitrogen and oxygen atoms in total. The van der Waals surface area contributed by atoms with E-state index in [4.69, 9.17) is 10.5 Å². The number of rotatable bonds is 7. The molecule has 1 amide bonds. The Bertz CT molecular complexity index is 288. The second-order valence-corrected chi connectivity index (χ2v) is 3.13. The SMILES string of the molecule is NC(=O)CCNCCOc1ccccc1. The number of carbonyl (C=O) groups excluding carboxylic acids is 1. The zero-order valence-corrected chi connectivity index (χ0v) is 8.61. The zero-order valence-electron chi connectivity index (χ0n) is 8.61. The quantitative estimate of drug-likeness (QED) is 0.642. The van der Waals surface area contributed by atoms with Crippen LogP contribution in [-0.2, 0) is 4.79 Å². The van der Waals surface area contributed by atoms with Crippen LogP contribution in [0, 0.1) is 0 Å². The van der Waals surface area contributed by atoms with Gasteiger partial charge < -0.3 is 15.8 Å². The maximum atomic E-state index is 10.4. The maximum Gasteiger partial charge on any atom is 0.218 e. The van der Waals surface area contributed by atoms with Crippen molar-refractivity contribution >= 4 is 5.91 Å². The number of hydrogen-bond donors (Lipinski definition) is 2. The van der Waals surface area contributed by atoms with E-state index in [1.54, 1.807) is 0 Å². The van der Waals surface area contributed by atoms with Gasteiger partial charge in [-0.3, -0.25) is 4.79 Å². The lowest BCUT2D eigenvalue weighted by molar-refractivity contribution is -0.117. The highest BCUT2D eigenvalue weighted by atomic mass is 16.5. The smallest absolute Gasteiger partial charge is 0.218 e. The molecule has 15 heavy (non-hydrogen) atoms. The van der Waals surface area contributed by atoms with Crippen LogP contribution in [0.4, 0.5) is 0 Å². The van der Waals surface area contributed by atoms with E-state index in [0.29, 0.717) is 26.1 Å². The first-order chi connectivity index (χ1) is 7.29. The normalized spacial score (nSPS) is 9.87. The molecule has 0 spiro atoms. The molecule has 0 unspecified atom stereocenters. The summed E-state index contributed by atoms with van der Waals surface area (Å²) in [6.07, 6.45) is 0.366. The van der Waals surface area contributed by atoms with Crippen LogP contribution in [-0.4, -0.2) is 25.6 Å². The van der Waals surface area contributed by atoms with E-state index in [2.05, 4.69) is 5.32 Å². The lowest BCUT2D eigenvalue weighted by Gasteiger charge is -2.06. The van der Waals surface area contributed by atoms with Crippen LogP contribution in [0.3, 0.4) is 0 Å². The Hall–Kier alpha value is -1.55. The van der Waals surface area contributed by atoms with E-state index in [9.17, 15) is 4.79 Å². The fourth-order valence-electron chi connectivity index (χ4n) is 1.09. The minimum absolute atomic E-state index is 0.286. The summed E-state index contributed by atoms with van der Waals surface area (Å²) >= 11 is 0. The molecule has 0 saturated heterocycles. The summed E-state index contributed by atoms with van der Waals surface area (Å²) < 4.78 is 5.43. The van der Waals surface area contributed by atoms with Gasteiger partial charge in [-0.15, -0.1) is 0 Å². The van der Waals surface area contributed by atoms with Gasteiger partial charge in [-0.25, -0.2) is 0 Å². The third-order valence-corrected chi connectivity index (χ3v) is 1.84. The Morgan fingerprint density at radius 3 is 2.67 bits per heavy atom. The van der Waals surface area contributed by atoms with Crippen molar-refractivity contribution in [3.05, 3.63) is 30.3 Å². The Morgan fingerprint density at radius 1 is 1.27 bits per heavy atom. The molecular weight excluding hydrogens is 192 g/mol. The Kier molecular flexibility index (Phi) is 5.25. The Balaban J connectivity index is 2.00. The number of para-hydroxylation sites is 1. The van der Waals surface area contributed by atoms with E-state index in [-0.39, 0.29) is 5.91 Å². The molecule has 4 heteroatoms. The third-order valence-electron chi connectivity index (χ3n) is 1.84. The Morgan fingerprint density at radius 2 is 2.00 bits per heavy atom. The second-order valence-electron chi connectivity index (χ2n) is 3.13. The average Bonchev–Trinajstić information content (AvgIpc) is 2.24. The van der Waals surface area contributed by atoms with E-state index in [0.717, 1.165) is 5.75 Å². The highest BCUT2D eigenvalue weighted by Gasteiger charge is 1.94. The van der Waals surface area contributed by atoms with Crippen molar-refractivity contribution < 1.29 is 9.53 Å². The number of ether oxygens (including phenoxy) is 1. The summed E-state index contributed by atoms with van der Waals surface area (Å²) in [7, 11) is 0. The van der Waals surface area contributed by atoms with Crippen LogP contribution < -0.4 is 15.8 Å². The number of hydrogen-bond acceptors (Lipinski definition) is 3. The predicted octanol–water partition coefficient (Wildman–Crippen LogP) is 0.530. The summed E-state index contributed by atoms with van der Waals surface area (Å²) in [5, 5.41) is 3.06. The van der Waals surface area contributed by atoms with Crippen molar-refractivity contribution in [2.24, 2.45) is 5.73 Å². The fourth-order valence-corrected chi connectivity index (χ4v) is 1.09. The summed E-state index contributed by atoms with van der Waals surface area (Å²) in [5.74, 6) is 0.570. The van der Waals surface area contributed by atoms with Crippen LogP contribution in [0.15, 0.2) is 30.3 Å². The molecule has 0 fully saturated rings. The molecule has 0 aliphatic carbocycles. The highest BCUT2D eigenvalue weighted by Crippen LogP contribution is 2.07. The van der Waals surface area contributed by atoms with E-state index < -0.39 is 0 Å². The summed E-state index contributed by atoms with van der Waals surface area (Å²) in [4.78, 5) is 10.4. The monoisotopic (exact) mass is 208 g/mol. The molecule has 0 aliphatic rings. The summed E-state index contributed by atoms with van der Waals surface area (Å²) in [6.45, 7) is 1.90. The number of carbonyl (C=O) groups is 1. The minimum Gasteiger partial charge on any atom is -0.492 e.